The summed E-state index contributed by atoms with van der Waals surface area (Å²) in [5.74, 6) is 2.98. The number of amides is 1. The van der Waals surface area contributed by atoms with Gasteiger partial charge in [-0.25, -0.2) is 0 Å². The van der Waals surface area contributed by atoms with Gasteiger partial charge in [-0.05, 0) is 36.6 Å². The van der Waals surface area contributed by atoms with E-state index in [1.807, 2.05) is 72.2 Å². The lowest BCUT2D eigenvalue weighted by Gasteiger charge is -2.15. The SMILES string of the molecule is CSc1ccc(NC(=O)COc2ccccc2C2SCCS2)cc1. The molecule has 6 heteroatoms. The van der Waals surface area contributed by atoms with Gasteiger partial charge in [-0.15, -0.1) is 35.3 Å². The molecule has 0 bridgehead atoms. The molecule has 2 aromatic rings. The summed E-state index contributed by atoms with van der Waals surface area (Å²) < 4.78 is 6.19. The van der Waals surface area contributed by atoms with Crippen LogP contribution in [-0.2, 0) is 4.79 Å². The second-order valence-corrected chi connectivity index (χ2v) is 8.78. The highest BCUT2D eigenvalue weighted by Gasteiger charge is 2.21. The van der Waals surface area contributed by atoms with Gasteiger partial charge in [0.25, 0.3) is 5.91 Å². The first-order valence-electron chi connectivity index (χ1n) is 7.65. The maximum Gasteiger partial charge on any atom is 0.262 e. The number of hydrogen-bond acceptors (Lipinski definition) is 5. The van der Waals surface area contributed by atoms with Crippen LogP contribution in [0.4, 0.5) is 5.69 Å². The lowest BCUT2D eigenvalue weighted by Crippen LogP contribution is -2.20. The number of carbonyl (C=O) groups excluding carboxylic acids is 1. The van der Waals surface area contributed by atoms with Gasteiger partial charge in [0.15, 0.2) is 6.61 Å². The second-order valence-electron chi connectivity index (χ2n) is 5.18. The maximum atomic E-state index is 12.1. The van der Waals surface area contributed by atoms with E-state index >= 15 is 0 Å². The van der Waals surface area contributed by atoms with Crippen molar-refractivity contribution < 1.29 is 9.53 Å². The smallest absolute Gasteiger partial charge is 0.262 e. The van der Waals surface area contributed by atoms with E-state index in [0.717, 1.165) is 22.9 Å². The molecule has 0 atom stereocenters. The fourth-order valence-corrected chi connectivity index (χ4v) is 5.68. The fraction of sp³-hybridized carbons (Fsp3) is 0.278. The van der Waals surface area contributed by atoms with Gasteiger partial charge in [0.1, 0.15) is 5.75 Å². The summed E-state index contributed by atoms with van der Waals surface area (Å²) in [5.41, 5.74) is 1.96. The Morgan fingerprint density at radius 1 is 1.17 bits per heavy atom. The molecule has 0 unspecified atom stereocenters. The van der Waals surface area contributed by atoms with Gasteiger partial charge in [0.2, 0.25) is 0 Å². The highest BCUT2D eigenvalue weighted by atomic mass is 32.2. The number of benzene rings is 2. The van der Waals surface area contributed by atoms with Crippen LogP contribution in [0.25, 0.3) is 0 Å². The first-order chi connectivity index (χ1) is 11.8. The van der Waals surface area contributed by atoms with E-state index in [2.05, 4.69) is 11.4 Å². The van der Waals surface area contributed by atoms with Crippen LogP contribution in [-0.4, -0.2) is 30.3 Å². The third-order valence-corrected chi connectivity index (χ3v) is 7.34. The van der Waals surface area contributed by atoms with Gasteiger partial charge in [-0.2, -0.15) is 0 Å². The Hall–Kier alpha value is -1.24. The Kier molecular flexibility index (Phi) is 6.40. The molecule has 0 aliphatic carbocycles. The Bertz CT molecular complexity index is 685. The zero-order valence-electron chi connectivity index (χ0n) is 13.4. The van der Waals surface area contributed by atoms with Gasteiger partial charge in [0.05, 0.1) is 4.58 Å². The molecule has 126 valence electrons. The zero-order chi connectivity index (χ0) is 16.8. The number of ether oxygens (including phenoxy) is 1. The van der Waals surface area contributed by atoms with E-state index in [1.54, 1.807) is 11.8 Å². The van der Waals surface area contributed by atoms with Gasteiger partial charge >= 0.3 is 0 Å². The quantitative estimate of drug-likeness (QED) is 0.725. The molecule has 1 amide bonds. The van der Waals surface area contributed by atoms with Crippen molar-refractivity contribution in [3.63, 3.8) is 0 Å². The molecule has 1 heterocycles. The number of carbonyl (C=O) groups is 1. The number of rotatable bonds is 6. The second kappa shape index (κ2) is 8.74. The van der Waals surface area contributed by atoms with Crippen LogP contribution in [0.2, 0.25) is 0 Å². The molecular weight excluding hydrogens is 358 g/mol. The number of nitrogens with one attached hydrogen (secondary N) is 1. The molecule has 3 nitrogen and oxygen atoms in total. The van der Waals surface area contributed by atoms with E-state index in [9.17, 15) is 4.79 Å². The van der Waals surface area contributed by atoms with Crippen LogP contribution in [0.5, 0.6) is 5.75 Å². The summed E-state index contributed by atoms with van der Waals surface area (Å²) >= 11 is 5.54. The molecule has 3 rings (SSSR count). The molecule has 1 aliphatic rings. The Morgan fingerprint density at radius 3 is 2.58 bits per heavy atom. The molecule has 0 spiro atoms. The lowest BCUT2D eigenvalue weighted by molar-refractivity contribution is -0.118. The maximum absolute atomic E-state index is 12.1. The van der Waals surface area contributed by atoms with Gasteiger partial charge < -0.3 is 10.1 Å². The topological polar surface area (TPSA) is 38.3 Å². The number of hydrogen-bond donors (Lipinski definition) is 1. The average Bonchev–Trinajstić information content (AvgIpc) is 3.15. The van der Waals surface area contributed by atoms with Crippen molar-refractivity contribution in [2.75, 3.05) is 29.7 Å². The number of para-hydroxylation sites is 1. The van der Waals surface area contributed by atoms with Crippen LogP contribution in [0.3, 0.4) is 0 Å². The minimum Gasteiger partial charge on any atom is -0.483 e. The van der Waals surface area contributed by atoms with Gasteiger partial charge in [-0.3, -0.25) is 4.79 Å². The predicted octanol–water partition coefficient (Wildman–Crippen LogP) is 4.90. The van der Waals surface area contributed by atoms with Crippen LogP contribution in [0.15, 0.2) is 53.4 Å². The minimum absolute atomic E-state index is 0.0172. The minimum atomic E-state index is -0.145. The van der Waals surface area contributed by atoms with E-state index in [-0.39, 0.29) is 12.5 Å². The normalized spacial score (nSPS) is 14.5. The van der Waals surface area contributed by atoms with Gasteiger partial charge in [-0.1, -0.05) is 18.2 Å². The third kappa shape index (κ3) is 4.65. The molecule has 0 aromatic heterocycles. The number of anilines is 1. The van der Waals surface area contributed by atoms with E-state index < -0.39 is 0 Å². The Labute approximate surface area is 155 Å². The first kappa shape index (κ1) is 17.6. The van der Waals surface area contributed by atoms with Crippen molar-refractivity contribution in [1.82, 2.24) is 0 Å². The molecule has 2 aromatic carbocycles. The van der Waals surface area contributed by atoms with Crippen LogP contribution in [0, 0.1) is 0 Å². The molecule has 1 N–H and O–H groups in total. The lowest BCUT2D eigenvalue weighted by atomic mass is 10.2. The van der Waals surface area contributed by atoms with Crippen molar-refractivity contribution in [3.8, 4) is 5.75 Å². The molecular formula is C18H19NO2S3. The van der Waals surface area contributed by atoms with Crippen molar-refractivity contribution in [2.45, 2.75) is 9.48 Å². The largest absolute Gasteiger partial charge is 0.483 e. The van der Waals surface area contributed by atoms with Gasteiger partial charge in [0, 0.05) is 27.7 Å². The standard InChI is InChI=1S/C18H19NO2S3/c1-22-14-8-6-13(7-9-14)19-17(20)12-21-16-5-3-2-4-15(16)18-23-10-11-24-18/h2-9,18H,10-12H2,1H3,(H,19,20). The van der Waals surface area contributed by atoms with Crippen molar-refractivity contribution in [2.24, 2.45) is 0 Å². The van der Waals surface area contributed by atoms with Crippen molar-refractivity contribution in [3.05, 3.63) is 54.1 Å². The monoisotopic (exact) mass is 377 g/mol. The summed E-state index contributed by atoms with van der Waals surface area (Å²) in [7, 11) is 0. The Balaban J connectivity index is 1.58. The molecule has 0 saturated carbocycles. The van der Waals surface area contributed by atoms with Crippen LogP contribution < -0.4 is 10.1 Å². The highest BCUT2D eigenvalue weighted by Crippen LogP contribution is 2.48. The zero-order valence-corrected chi connectivity index (χ0v) is 15.8. The molecule has 1 fully saturated rings. The summed E-state index contributed by atoms with van der Waals surface area (Å²) in [6.07, 6.45) is 2.03. The molecule has 1 aliphatic heterocycles. The molecule has 0 radical (unpaired) electrons. The van der Waals surface area contributed by atoms with Crippen molar-refractivity contribution >= 4 is 46.9 Å². The summed E-state index contributed by atoms with van der Waals surface area (Å²) in [6, 6.07) is 15.8. The Morgan fingerprint density at radius 2 is 1.88 bits per heavy atom. The van der Waals surface area contributed by atoms with Crippen LogP contribution in [0.1, 0.15) is 10.1 Å². The number of thioether (sulfide) groups is 3. The fourth-order valence-electron chi connectivity index (χ4n) is 2.36. The van der Waals surface area contributed by atoms with E-state index in [0.29, 0.717) is 4.58 Å². The van der Waals surface area contributed by atoms with Crippen molar-refractivity contribution in [1.29, 1.82) is 0 Å². The summed E-state index contributed by atoms with van der Waals surface area (Å²) in [6.45, 7) is 0.0172. The molecule has 1 saturated heterocycles. The third-order valence-electron chi connectivity index (χ3n) is 3.53. The highest BCUT2D eigenvalue weighted by molar-refractivity contribution is 8.19. The predicted molar refractivity (Wildman–Crippen MR) is 106 cm³/mol. The first-order valence-corrected chi connectivity index (χ1v) is 11.0. The average molecular weight is 378 g/mol. The van der Waals surface area contributed by atoms with E-state index in [1.165, 1.54) is 10.5 Å². The van der Waals surface area contributed by atoms with Crippen LogP contribution >= 0.6 is 35.3 Å². The molecule has 24 heavy (non-hydrogen) atoms. The van der Waals surface area contributed by atoms with E-state index in [4.69, 9.17) is 4.74 Å². The summed E-state index contributed by atoms with van der Waals surface area (Å²) in [5, 5.41) is 2.87. The summed E-state index contributed by atoms with van der Waals surface area (Å²) in [4.78, 5) is 13.3.